The number of anilines is 3. The molecule has 0 unspecified atom stereocenters. The smallest absolute Gasteiger partial charge is 0.245 e. The maximum absolute atomic E-state index is 9.71. The molecule has 5 aromatic rings. The Labute approximate surface area is 232 Å². The number of aryl methyl sites for hydroxylation is 1. The summed E-state index contributed by atoms with van der Waals surface area (Å²) < 4.78 is 8.31. The summed E-state index contributed by atoms with van der Waals surface area (Å²) >= 11 is 5.01. The average molecular weight is 585 g/mol. The zero-order valence-electron chi connectivity index (χ0n) is 20.5. The molecule has 0 spiro atoms. The van der Waals surface area contributed by atoms with E-state index in [1.807, 2.05) is 66.7 Å². The Hall–Kier alpha value is -4.46. The lowest BCUT2D eigenvalue weighted by molar-refractivity contribution is 0.415. The summed E-state index contributed by atoms with van der Waals surface area (Å²) in [6.07, 6.45) is 0. The first-order valence-electron chi connectivity index (χ1n) is 11.6. The normalized spacial score (nSPS) is 11.2. The van der Waals surface area contributed by atoms with E-state index in [1.54, 1.807) is 14.0 Å². The molecular weight excluding hydrogens is 562 g/mol. The molecule has 0 radical (unpaired) electrons. The Morgan fingerprint density at radius 1 is 1.00 bits per heavy atom. The highest BCUT2D eigenvalue weighted by molar-refractivity contribution is 9.10. The number of halogens is 1. The van der Waals surface area contributed by atoms with Gasteiger partial charge in [0.1, 0.15) is 17.4 Å². The number of nitrogens with one attached hydrogen (secondary N) is 2. The maximum atomic E-state index is 9.71. The predicted molar refractivity (Wildman–Crippen MR) is 154 cm³/mol. The van der Waals surface area contributed by atoms with Crippen molar-refractivity contribution in [3.63, 3.8) is 0 Å². The lowest BCUT2D eigenvalue weighted by Crippen LogP contribution is -2.16. The monoisotopic (exact) mass is 583 g/mol. The molecule has 10 heteroatoms. The molecule has 5 rings (SSSR count). The second-order valence-corrected chi connectivity index (χ2v) is 9.88. The third kappa shape index (κ3) is 5.44. The van der Waals surface area contributed by atoms with Gasteiger partial charge in [0.25, 0.3) is 0 Å². The lowest BCUT2D eigenvalue weighted by atomic mass is 10.1. The third-order valence-corrected chi connectivity index (χ3v) is 7.02. The fraction of sp³-hybridized carbons (Fsp3) is 0.0714. The van der Waals surface area contributed by atoms with E-state index >= 15 is 0 Å². The summed E-state index contributed by atoms with van der Waals surface area (Å²) in [5.74, 6) is 1.40. The van der Waals surface area contributed by atoms with Crippen LogP contribution in [0.25, 0.3) is 16.9 Å². The Morgan fingerprint density at radius 2 is 1.74 bits per heavy atom. The maximum Gasteiger partial charge on any atom is 0.245 e. The van der Waals surface area contributed by atoms with Crippen LogP contribution in [-0.2, 0) is 0 Å². The number of rotatable bonds is 7. The van der Waals surface area contributed by atoms with Crippen LogP contribution in [0.5, 0.6) is 5.75 Å². The minimum Gasteiger partial charge on any atom is -0.497 e. The van der Waals surface area contributed by atoms with Crippen LogP contribution in [0.4, 0.5) is 17.5 Å². The van der Waals surface area contributed by atoms with E-state index in [-0.39, 0.29) is 5.95 Å². The number of aromatic nitrogens is 3. The number of hydrogen-bond acceptors (Lipinski definition) is 8. The van der Waals surface area contributed by atoms with Gasteiger partial charge in [-0.15, -0.1) is 16.4 Å². The molecule has 0 bridgehead atoms. The molecule has 3 aromatic carbocycles. The zero-order chi connectivity index (χ0) is 26.5. The number of ether oxygens (including phenoxy) is 1. The average Bonchev–Trinajstić information content (AvgIpc) is 3.37. The van der Waals surface area contributed by atoms with Gasteiger partial charge in [-0.05, 0) is 61.0 Å². The summed E-state index contributed by atoms with van der Waals surface area (Å²) in [4.78, 5) is 9.71. The minimum absolute atomic E-state index is 0.274. The van der Waals surface area contributed by atoms with E-state index in [2.05, 4.69) is 69.9 Å². The zero-order valence-corrected chi connectivity index (χ0v) is 22.9. The summed E-state index contributed by atoms with van der Waals surface area (Å²) in [6, 6.07) is 27.8. The van der Waals surface area contributed by atoms with Gasteiger partial charge in [-0.1, -0.05) is 46.3 Å². The summed E-state index contributed by atoms with van der Waals surface area (Å²) in [5.41, 5.74) is 7.71. The van der Waals surface area contributed by atoms with Gasteiger partial charge >= 0.3 is 0 Å². The third-order valence-electron chi connectivity index (χ3n) is 5.67. The molecule has 0 aliphatic heterocycles. The molecule has 0 saturated heterocycles. The van der Waals surface area contributed by atoms with Gasteiger partial charge < -0.3 is 10.1 Å². The lowest BCUT2D eigenvalue weighted by Gasteiger charge is -2.11. The Bertz CT molecular complexity index is 1670. The molecule has 0 aliphatic rings. The number of benzene rings is 3. The van der Waals surface area contributed by atoms with Crippen LogP contribution >= 0.6 is 27.3 Å². The van der Waals surface area contributed by atoms with E-state index < -0.39 is 0 Å². The Kier molecular flexibility index (Phi) is 7.49. The highest BCUT2D eigenvalue weighted by Crippen LogP contribution is 2.26. The molecule has 0 fully saturated rings. The second kappa shape index (κ2) is 11.3. The van der Waals surface area contributed by atoms with Gasteiger partial charge in [0.2, 0.25) is 10.7 Å². The van der Waals surface area contributed by atoms with Crippen molar-refractivity contribution in [2.75, 3.05) is 17.9 Å². The number of thiazole rings is 1. The predicted octanol–water partition coefficient (Wildman–Crippen LogP) is 6.62. The first-order valence-corrected chi connectivity index (χ1v) is 13.2. The minimum atomic E-state index is 0.274. The summed E-state index contributed by atoms with van der Waals surface area (Å²) in [6.45, 7) is 1.77. The van der Waals surface area contributed by atoms with E-state index in [4.69, 9.17) is 4.74 Å². The number of hydrogen-bond donors (Lipinski definition) is 2. The molecule has 2 aromatic heterocycles. The second-order valence-electron chi connectivity index (χ2n) is 8.13. The van der Waals surface area contributed by atoms with Crippen molar-refractivity contribution in [1.29, 1.82) is 5.26 Å². The standard InChI is InChI=1S/C28H22BrN7OS/c1-18-24(16-30)26(32-21-12-14-23(37-2)15-13-21)33-27(31-18)34-35-28-36(22-6-4-3-5-7-22)25(17-38-28)19-8-10-20(29)11-9-19/h3-15,17H,1-2H3,(H2,31,32,33,34). The number of para-hydroxylation sites is 1. The van der Waals surface area contributed by atoms with E-state index in [0.717, 1.165) is 32.9 Å². The van der Waals surface area contributed by atoms with Crippen molar-refractivity contribution in [2.24, 2.45) is 5.10 Å². The number of methoxy groups -OCH3 is 1. The Balaban J connectivity index is 1.52. The fourth-order valence-electron chi connectivity index (χ4n) is 3.79. The van der Waals surface area contributed by atoms with Crippen LogP contribution in [0.3, 0.4) is 0 Å². The van der Waals surface area contributed by atoms with Crippen molar-refractivity contribution in [1.82, 2.24) is 14.5 Å². The van der Waals surface area contributed by atoms with Crippen molar-refractivity contribution < 1.29 is 4.74 Å². The van der Waals surface area contributed by atoms with E-state index in [1.165, 1.54) is 11.3 Å². The molecule has 0 atom stereocenters. The van der Waals surface area contributed by atoms with Crippen LogP contribution in [0.2, 0.25) is 0 Å². The molecular formula is C28H22BrN7OS. The highest BCUT2D eigenvalue weighted by Gasteiger charge is 2.13. The van der Waals surface area contributed by atoms with Gasteiger partial charge in [-0.3, -0.25) is 4.57 Å². The molecule has 8 nitrogen and oxygen atoms in total. The topological polar surface area (TPSA) is 100 Å². The molecule has 2 N–H and O–H groups in total. The van der Waals surface area contributed by atoms with Crippen molar-refractivity contribution in [3.8, 4) is 28.8 Å². The molecule has 0 aliphatic carbocycles. The van der Waals surface area contributed by atoms with Crippen molar-refractivity contribution >= 4 is 44.7 Å². The number of nitriles is 1. The van der Waals surface area contributed by atoms with Gasteiger partial charge in [0, 0.05) is 21.2 Å². The van der Waals surface area contributed by atoms with Crippen LogP contribution in [0.15, 0.2) is 93.8 Å². The largest absolute Gasteiger partial charge is 0.497 e. The Morgan fingerprint density at radius 3 is 2.42 bits per heavy atom. The summed E-state index contributed by atoms with van der Waals surface area (Å²) in [7, 11) is 1.61. The van der Waals surface area contributed by atoms with Crippen molar-refractivity contribution in [2.45, 2.75) is 6.92 Å². The van der Waals surface area contributed by atoms with E-state index in [0.29, 0.717) is 21.9 Å². The van der Waals surface area contributed by atoms with Gasteiger partial charge in [-0.25, -0.2) is 10.4 Å². The fourth-order valence-corrected chi connectivity index (χ4v) is 4.92. The van der Waals surface area contributed by atoms with Crippen LogP contribution in [-0.4, -0.2) is 21.6 Å². The van der Waals surface area contributed by atoms with Crippen LogP contribution in [0, 0.1) is 18.3 Å². The van der Waals surface area contributed by atoms with Gasteiger partial charge in [0.05, 0.1) is 18.5 Å². The van der Waals surface area contributed by atoms with Gasteiger partial charge in [0.15, 0.2) is 5.82 Å². The van der Waals surface area contributed by atoms with Crippen LogP contribution < -0.4 is 20.3 Å². The first kappa shape index (κ1) is 25.2. The molecule has 188 valence electrons. The van der Waals surface area contributed by atoms with E-state index in [9.17, 15) is 5.26 Å². The summed E-state index contributed by atoms with van der Waals surface area (Å²) in [5, 5.41) is 19.6. The molecule has 0 saturated carbocycles. The molecule has 38 heavy (non-hydrogen) atoms. The molecule has 2 heterocycles. The molecule has 0 amide bonds. The van der Waals surface area contributed by atoms with Crippen molar-refractivity contribution in [3.05, 3.63) is 105 Å². The quantitative estimate of drug-likeness (QED) is 0.209. The first-order chi connectivity index (χ1) is 18.6. The number of nitrogens with zero attached hydrogens (tertiary/aromatic N) is 5. The SMILES string of the molecule is COc1ccc(Nc2nc(NN=c3scc(-c4ccc(Br)cc4)n3-c3ccccc3)nc(C)c2C#N)cc1. The van der Waals surface area contributed by atoms with Gasteiger partial charge in [-0.2, -0.15) is 10.2 Å². The highest BCUT2D eigenvalue weighted by atomic mass is 79.9. The van der Waals surface area contributed by atoms with Crippen LogP contribution in [0.1, 0.15) is 11.3 Å².